The number of aliphatic hydroxyl groups is 1. The van der Waals surface area contributed by atoms with E-state index in [9.17, 15) is 27.9 Å². The molecule has 0 saturated carbocycles. The summed E-state index contributed by atoms with van der Waals surface area (Å²) in [6.07, 6.45) is 0.860. The smallest absolute Gasteiger partial charge is 0.420 e. The van der Waals surface area contributed by atoms with Crippen molar-refractivity contribution in [1.82, 2.24) is 20.2 Å². The molecule has 0 aliphatic carbocycles. The summed E-state index contributed by atoms with van der Waals surface area (Å²) in [5.74, 6) is -0.324. The molecule has 3 aromatic heterocycles. The van der Waals surface area contributed by atoms with E-state index in [0.29, 0.717) is 11.4 Å². The van der Waals surface area contributed by atoms with E-state index in [2.05, 4.69) is 15.3 Å². The lowest BCUT2D eigenvalue weighted by Gasteiger charge is -2.44. The summed E-state index contributed by atoms with van der Waals surface area (Å²) in [4.78, 5) is 34.3. The van der Waals surface area contributed by atoms with Crippen molar-refractivity contribution >= 4 is 34.7 Å². The summed E-state index contributed by atoms with van der Waals surface area (Å²) in [5, 5.41) is 12.6. The summed E-state index contributed by atoms with van der Waals surface area (Å²) in [7, 11) is 0. The quantitative estimate of drug-likeness (QED) is 0.308. The Kier molecular flexibility index (Phi) is 6.80. The van der Waals surface area contributed by atoms with Gasteiger partial charge in [-0.15, -0.1) is 0 Å². The molecular weight excluding hydrogens is 527 g/mol. The molecule has 40 heavy (non-hydrogen) atoms. The van der Waals surface area contributed by atoms with Crippen LogP contribution in [0.2, 0.25) is 0 Å². The van der Waals surface area contributed by atoms with E-state index >= 15 is 0 Å². The lowest BCUT2D eigenvalue weighted by molar-refractivity contribution is -0.136. The fraction of sp³-hybridized carbons (Fsp3) is 0.214. The van der Waals surface area contributed by atoms with Crippen molar-refractivity contribution in [3.8, 4) is 11.3 Å². The molecule has 12 heteroatoms. The predicted molar refractivity (Wildman–Crippen MR) is 141 cm³/mol. The number of benzene rings is 1. The highest BCUT2D eigenvalue weighted by molar-refractivity contribution is 5.95. The Hall–Kier alpha value is -4.71. The van der Waals surface area contributed by atoms with Crippen LogP contribution >= 0.6 is 0 Å². The zero-order valence-corrected chi connectivity index (χ0v) is 21.2. The fourth-order valence-electron chi connectivity index (χ4n) is 4.37. The van der Waals surface area contributed by atoms with Crippen molar-refractivity contribution < 1.29 is 32.3 Å². The SMILES string of the molecule is CC1(O)CN(C(=O)c2ccc(-c3cc(C(F)(F)F)c4oc(CNC(=O)/C=C/c5ccc(N)nc5)cc4c3)nc2)C1. The van der Waals surface area contributed by atoms with Gasteiger partial charge < -0.3 is 25.5 Å². The number of nitrogens with two attached hydrogens (primary N) is 1. The number of furan rings is 1. The molecule has 1 aromatic carbocycles. The first-order valence-corrected chi connectivity index (χ1v) is 12.2. The van der Waals surface area contributed by atoms with Crippen molar-refractivity contribution in [3.05, 3.63) is 83.4 Å². The molecule has 0 spiro atoms. The molecule has 1 aliphatic heterocycles. The Balaban J connectivity index is 1.34. The first-order chi connectivity index (χ1) is 18.9. The molecule has 0 radical (unpaired) electrons. The third-order valence-electron chi connectivity index (χ3n) is 6.30. The maximum atomic E-state index is 13.9. The Morgan fingerprint density at radius 1 is 1.15 bits per heavy atom. The first kappa shape index (κ1) is 26.9. The zero-order chi connectivity index (χ0) is 28.7. The Bertz CT molecular complexity index is 1600. The summed E-state index contributed by atoms with van der Waals surface area (Å²) in [6.45, 7) is 1.88. The Labute approximate surface area is 226 Å². The number of hydrogen-bond acceptors (Lipinski definition) is 7. The van der Waals surface area contributed by atoms with Gasteiger partial charge in [0.15, 0.2) is 0 Å². The van der Waals surface area contributed by atoms with Crippen molar-refractivity contribution in [2.45, 2.75) is 25.2 Å². The van der Waals surface area contributed by atoms with Crippen LogP contribution in [-0.2, 0) is 17.5 Å². The van der Waals surface area contributed by atoms with Gasteiger partial charge in [0.2, 0.25) is 5.91 Å². The Morgan fingerprint density at radius 2 is 1.93 bits per heavy atom. The molecule has 1 fully saturated rings. The highest BCUT2D eigenvalue weighted by atomic mass is 19.4. The van der Waals surface area contributed by atoms with Crippen molar-refractivity contribution in [2.75, 3.05) is 18.8 Å². The van der Waals surface area contributed by atoms with Gasteiger partial charge in [0, 0.05) is 29.4 Å². The number of halogens is 3. The molecule has 1 aliphatic rings. The van der Waals surface area contributed by atoms with Crippen LogP contribution in [-0.4, -0.2) is 50.5 Å². The monoisotopic (exact) mass is 551 g/mol. The Morgan fingerprint density at radius 3 is 2.55 bits per heavy atom. The number of nitrogens with one attached hydrogen (secondary N) is 1. The average Bonchev–Trinajstić information content (AvgIpc) is 3.31. The number of carbonyl (C=O) groups is 2. The second-order valence-corrected chi connectivity index (χ2v) is 9.81. The number of nitrogens with zero attached hydrogens (tertiary/aromatic N) is 3. The lowest BCUT2D eigenvalue weighted by atomic mass is 9.96. The van der Waals surface area contributed by atoms with Crippen LogP contribution in [0.4, 0.5) is 19.0 Å². The highest BCUT2D eigenvalue weighted by Gasteiger charge is 2.40. The van der Waals surface area contributed by atoms with Crippen LogP contribution in [0.25, 0.3) is 28.3 Å². The molecule has 2 amide bonds. The number of fused-ring (bicyclic) bond motifs is 1. The van der Waals surface area contributed by atoms with E-state index in [4.69, 9.17) is 10.2 Å². The number of pyridine rings is 2. The van der Waals surface area contributed by atoms with E-state index in [-0.39, 0.29) is 59.1 Å². The van der Waals surface area contributed by atoms with Crippen LogP contribution in [0.5, 0.6) is 0 Å². The van der Waals surface area contributed by atoms with Gasteiger partial charge in [-0.3, -0.25) is 14.6 Å². The summed E-state index contributed by atoms with van der Waals surface area (Å²) in [5.41, 5.74) is 4.58. The number of nitrogen functional groups attached to an aromatic ring is 1. The molecular formula is C28H24F3N5O4. The minimum absolute atomic E-state index is 0.132. The molecule has 0 bridgehead atoms. The van der Waals surface area contributed by atoms with Crippen molar-refractivity contribution in [1.29, 1.82) is 0 Å². The van der Waals surface area contributed by atoms with Gasteiger partial charge in [0.05, 0.1) is 42.1 Å². The number of rotatable bonds is 6. The van der Waals surface area contributed by atoms with Gasteiger partial charge in [-0.25, -0.2) is 4.98 Å². The van der Waals surface area contributed by atoms with E-state index in [1.54, 1.807) is 19.1 Å². The number of aromatic nitrogens is 2. The van der Waals surface area contributed by atoms with Gasteiger partial charge in [-0.05, 0) is 61.0 Å². The van der Waals surface area contributed by atoms with Crippen LogP contribution in [0, 0.1) is 0 Å². The van der Waals surface area contributed by atoms with E-state index in [0.717, 1.165) is 6.07 Å². The molecule has 4 aromatic rings. The molecule has 4 N–H and O–H groups in total. The van der Waals surface area contributed by atoms with Gasteiger partial charge in [-0.2, -0.15) is 13.2 Å². The third kappa shape index (κ3) is 5.81. The summed E-state index contributed by atoms with van der Waals surface area (Å²) < 4.78 is 47.3. The number of likely N-dealkylation sites (tertiary alicyclic amines) is 1. The largest absolute Gasteiger partial charge is 0.459 e. The molecule has 5 rings (SSSR count). The van der Waals surface area contributed by atoms with Crippen LogP contribution in [0.3, 0.4) is 0 Å². The normalized spacial score (nSPS) is 14.9. The van der Waals surface area contributed by atoms with E-state index in [1.165, 1.54) is 53.7 Å². The summed E-state index contributed by atoms with van der Waals surface area (Å²) >= 11 is 0. The highest BCUT2D eigenvalue weighted by Crippen LogP contribution is 2.39. The van der Waals surface area contributed by atoms with E-state index in [1.807, 2.05) is 0 Å². The van der Waals surface area contributed by atoms with Crippen LogP contribution < -0.4 is 11.1 Å². The lowest BCUT2D eigenvalue weighted by Crippen LogP contribution is -2.61. The second kappa shape index (κ2) is 10.1. The zero-order valence-electron chi connectivity index (χ0n) is 21.2. The summed E-state index contributed by atoms with van der Waals surface area (Å²) in [6, 6.07) is 10.1. The van der Waals surface area contributed by atoms with Crippen LogP contribution in [0.15, 0.2) is 65.4 Å². The molecule has 206 valence electrons. The van der Waals surface area contributed by atoms with Crippen molar-refractivity contribution in [2.24, 2.45) is 0 Å². The molecule has 0 unspecified atom stereocenters. The van der Waals surface area contributed by atoms with Crippen LogP contribution in [0.1, 0.15) is 34.2 Å². The van der Waals surface area contributed by atoms with Gasteiger partial charge in [0.1, 0.15) is 17.2 Å². The minimum Gasteiger partial charge on any atom is -0.459 e. The number of carbonyl (C=O) groups excluding carboxylic acids is 2. The molecule has 9 nitrogen and oxygen atoms in total. The minimum atomic E-state index is -4.72. The topological polar surface area (TPSA) is 135 Å². The average molecular weight is 552 g/mol. The maximum absolute atomic E-state index is 13.9. The predicted octanol–water partition coefficient (Wildman–Crippen LogP) is 4.03. The van der Waals surface area contributed by atoms with E-state index < -0.39 is 23.2 Å². The standard InChI is InChI=1S/C28H24F3N5O4/c1-27(39)14-36(15-27)26(38)17-4-5-22(33-12-17)18-8-19-9-20(40-25(19)21(10-18)28(29,30)31)13-35-24(37)7-3-16-2-6-23(32)34-11-16/h2-12,39H,13-15H2,1H3,(H2,32,34)(H,35,37)/b7-3+. The van der Waals surface area contributed by atoms with Gasteiger partial charge in [0.25, 0.3) is 5.91 Å². The molecule has 1 saturated heterocycles. The number of β-amino-alcohol motifs (C(OH)–C–C–N with tert-alkyl or cyclic N) is 1. The maximum Gasteiger partial charge on any atom is 0.420 e. The molecule has 0 atom stereocenters. The number of alkyl halides is 3. The number of anilines is 1. The van der Waals surface area contributed by atoms with Gasteiger partial charge >= 0.3 is 6.18 Å². The fourth-order valence-corrected chi connectivity index (χ4v) is 4.37. The van der Waals surface area contributed by atoms with Gasteiger partial charge in [-0.1, -0.05) is 0 Å². The number of hydrogen-bond donors (Lipinski definition) is 3. The third-order valence-corrected chi connectivity index (χ3v) is 6.30. The molecule has 4 heterocycles. The first-order valence-electron chi connectivity index (χ1n) is 12.2. The number of amides is 2. The van der Waals surface area contributed by atoms with Crippen molar-refractivity contribution in [3.63, 3.8) is 0 Å². The second-order valence-electron chi connectivity index (χ2n) is 9.81.